The van der Waals surface area contributed by atoms with Crippen LogP contribution in [0.1, 0.15) is 22.3 Å². The summed E-state index contributed by atoms with van der Waals surface area (Å²) in [4.78, 5) is 34.5. The molecule has 2 aromatic carbocycles. The van der Waals surface area contributed by atoms with E-state index < -0.39 is 0 Å². The molecule has 0 amide bonds. The van der Waals surface area contributed by atoms with Crippen LogP contribution in [0.15, 0.2) is 93.0 Å². The third-order valence-corrected chi connectivity index (χ3v) is 7.48. The lowest BCUT2D eigenvalue weighted by Crippen LogP contribution is -2.25. The summed E-state index contributed by atoms with van der Waals surface area (Å²) in [6.45, 7) is 0.786. The molecular formula is C24H20N4O2S2. The van der Waals surface area contributed by atoms with Crippen LogP contribution in [0, 0.1) is 0 Å². The molecule has 0 unspecified atom stereocenters. The second-order valence-electron chi connectivity index (χ2n) is 7.42. The lowest BCUT2D eigenvalue weighted by molar-refractivity contribution is 0.616. The molecule has 1 aliphatic heterocycles. The van der Waals surface area contributed by atoms with E-state index in [1.54, 1.807) is 45.1 Å². The standard InChI is InChI=1S/C24H20N4O2S2/c29-21-9-11-25-23-27(21)13-17-5-1-2-6-18(17)14-28-22(30)10-12-26-24(28)32-16-20-8-4-3-7-19(20)15-31-23/h1-12H,13-16H2. The van der Waals surface area contributed by atoms with Crippen molar-refractivity contribution in [3.8, 4) is 0 Å². The molecule has 2 aromatic heterocycles. The molecule has 0 fully saturated rings. The van der Waals surface area contributed by atoms with E-state index in [1.165, 1.54) is 23.3 Å². The Hall–Kier alpha value is -3.10. The Labute approximate surface area is 193 Å². The summed E-state index contributed by atoms with van der Waals surface area (Å²) in [6, 6.07) is 19.1. The maximum Gasteiger partial charge on any atom is 0.254 e. The normalized spacial score (nSPS) is 13.8. The third-order valence-electron chi connectivity index (χ3n) is 5.41. The van der Waals surface area contributed by atoms with E-state index in [1.807, 2.05) is 36.4 Å². The summed E-state index contributed by atoms with van der Waals surface area (Å²) >= 11 is 3.13. The molecule has 3 heterocycles. The van der Waals surface area contributed by atoms with Crippen LogP contribution in [0.2, 0.25) is 0 Å². The van der Waals surface area contributed by atoms with Gasteiger partial charge in [-0.25, -0.2) is 9.97 Å². The van der Waals surface area contributed by atoms with Gasteiger partial charge in [0.25, 0.3) is 11.1 Å². The van der Waals surface area contributed by atoms with Crippen molar-refractivity contribution in [2.45, 2.75) is 34.9 Å². The van der Waals surface area contributed by atoms with Gasteiger partial charge in [-0.05, 0) is 22.3 Å². The van der Waals surface area contributed by atoms with Crippen molar-refractivity contribution >= 4 is 23.5 Å². The highest BCUT2D eigenvalue weighted by molar-refractivity contribution is 7.98. The molecule has 6 nitrogen and oxygen atoms in total. The quantitative estimate of drug-likeness (QED) is 0.372. The highest BCUT2D eigenvalue weighted by atomic mass is 32.2. The smallest absolute Gasteiger partial charge is 0.254 e. The van der Waals surface area contributed by atoms with Crippen LogP contribution in [0.3, 0.4) is 0 Å². The Kier molecular flexibility index (Phi) is 5.96. The molecule has 0 spiro atoms. The van der Waals surface area contributed by atoms with Gasteiger partial charge in [-0.15, -0.1) is 0 Å². The topological polar surface area (TPSA) is 69.8 Å². The molecule has 0 N–H and O–H groups in total. The summed E-state index contributed by atoms with van der Waals surface area (Å²) < 4.78 is 3.42. The minimum Gasteiger partial charge on any atom is -0.283 e. The maximum absolute atomic E-state index is 12.8. The van der Waals surface area contributed by atoms with Crippen molar-refractivity contribution in [3.05, 3.63) is 116 Å². The zero-order chi connectivity index (χ0) is 21.9. The molecule has 8 heteroatoms. The van der Waals surface area contributed by atoms with Crippen molar-refractivity contribution in [2.24, 2.45) is 0 Å². The van der Waals surface area contributed by atoms with Crippen LogP contribution in [-0.2, 0) is 24.6 Å². The SMILES string of the molecule is O=c1ccnc2n1Cc1ccccc1Cn1c(nccc1=O)SCc1ccccc1CS2. The highest BCUT2D eigenvalue weighted by Crippen LogP contribution is 2.28. The zero-order valence-corrected chi connectivity index (χ0v) is 18.8. The molecule has 1 aliphatic rings. The van der Waals surface area contributed by atoms with E-state index in [9.17, 15) is 9.59 Å². The number of nitrogens with zero attached hydrogens (tertiary/aromatic N) is 4. The summed E-state index contributed by atoms with van der Waals surface area (Å²) in [5.41, 5.74) is 4.14. The summed E-state index contributed by atoms with van der Waals surface area (Å²) in [5, 5.41) is 1.37. The first kappa shape index (κ1) is 20.8. The zero-order valence-electron chi connectivity index (χ0n) is 17.2. The van der Waals surface area contributed by atoms with E-state index in [-0.39, 0.29) is 11.1 Å². The second-order valence-corrected chi connectivity index (χ2v) is 9.30. The minimum atomic E-state index is -0.0903. The van der Waals surface area contributed by atoms with Crippen molar-refractivity contribution in [1.29, 1.82) is 0 Å². The minimum absolute atomic E-state index is 0.0903. The summed E-state index contributed by atoms with van der Waals surface area (Å²) in [6.07, 6.45) is 3.14. The van der Waals surface area contributed by atoms with Crippen LogP contribution < -0.4 is 11.1 Å². The average molecular weight is 461 g/mol. The Morgan fingerprint density at radius 1 is 0.594 bits per heavy atom. The number of thioether (sulfide) groups is 2. The van der Waals surface area contributed by atoms with Gasteiger partial charge in [-0.1, -0.05) is 72.1 Å². The monoisotopic (exact) mass is 460 g/mol. The molecule has 0 aliphatic carbocycles. The van der Waals surface area contributed by atoms with Crippen molar-refractivity contribution in [2.75, 3.05) is 0 Å². The van der Waals surface area contributed by atoms with Crippen LogP contribution >= 0.6 is 23.5 Å². The fourth-order valence-corrected chi connectivity index (χ4v) is 5.71. The van der Waals surface area contributed by atoms with Gasteiger partial charge in [0.15, 0.2) is 10.3 Å². The fourth-order valence-electron chi connectivity index (χ4n) is 3.69. The second kappa shape index (κ2) is 9.18. The maximum atomic E-state index is 12.8. The lowest BCUT2D eigenvalue weighted by Gasteiger charge is -2.18. The molecule has 0 saturated heterocycles. The van der Waals surface area contributed by atoms with E-state index in [0.29, 0.717) is 34.9 Å². The van der Waals surface area contributed by atoms with Gasteiger partial charge in [0.2, 0.25) is 0 Å². The van der Waals surface area contributed by atoms with Gasteiger partial charge in [-0.3, -0.25) is 18.7 Å². The van der Waals surface area contributed by atoms with Gasteiger partial charge in [0, 0.05) is 36.0 Å². The van der Waals surface area contributed by atoms with Crippen molar-refractivity contribution in [1.82, 2.24) is 19.1 Å². The number of benzene rings is 2. The fraction of sp³-hybridized carbons (Fsp3) is 0.167. The Morgan fingerprint density at radius 3 is 1.44 bits per heavy atom. The molecule has 4 aromatic rings. The Balaban J connectivity index is 1.67. The van der Waals surface area contributed by atoms with Gasteiger partial charge >= 0.3 is 0 Å². The molecule has 0 radical (unpaired) electrons. The van der Waals surface area contributed by atoms with Crippen LogP contribution in [-0.4, -0.2) is 19.1 Å². The number of aromatic nitrogens is 4. The van der Waals surface area contributed by atoms with E-state index >= 15 is 0 Å². The van der Waals surface area contributed by atoms with Crippen molar-refractivity contribution < 1.29 is 0 Å². The molecule has 0 bridgehead atoms. The van der Waals surface area contributed by atoms with Crippen LogP contribution in [0.4, 0.5) is 0 Å². The van der Waals surface area contributed by atoms with Gasteiger partial charge < -0.3 is 0 Å². The van der Waals surface area contributed by atoms with Gasteiger partial charge in [0.05, 0.1) is 13.1 Å². The first-order valence-corrected chi connectivity index (χ1v) is 12.2. The first-order chi connectivity index (χ1) is 15.7. The number of hydrogen-bond acceptors (Lipinski definition) is 6. The number of hydrogen-bond donors (Lipinski definition) is 0. The van der Waals surface area contributed by atoms with Crippen LogP contribution in [0.25, 0.3) is 0 Å². The third kappa shape index (κ3) is 4.28. The predicted octanol–water partition coefficient (Wildman–Crippen LogP) is 3.79. The molecule has 5 rings (SSSR count). The molecule has 160 valence electrons. The van der Waals surface area contributed by atoms with E-state index in [2.05, 4.69) is 22.1 Å². The Bertz CT molecular complexity index is 1290. The van der Waals surface area contributed by atoms with Crippen LogP contribution in [0.5, 0.6) is 0 Å². The average Bonchev–Trinajstić information content (AvgIpc) is 2.81. The first-order valence-electron chi connectivity index (χ1n) is 10.2. The number of fused-ring (bicyclic) bond motifs is 4. The number of rotatable bonds is 0. The molecular weight excluding hydrogens is 440 g/mol. The van der Waals surface area contributed by atoms with Crippen molar-refractivity contribution in [3.63, 3.8) is 0 Å². The van der Waals surface area contributed by atoms with E-state index in [4.69, 9.17) is 0 Å². The molecule has 0 atom stereocenters. The highest BCUT2D eigenvalue weighted by Gasteiger charge is 2.15. The van der Waals surface area contributed by atoms with Gasteiger partial charge in [-0.2, -0.15) is 0 Å². The summed E-state index contributed by atoms with van der Waals surface area (Å²) in [7, 11) is 0. The van der Waals surface area contributed by atoms with E-state index in [0.717, 1.165) is 11.1 Å². The molecule has 32 heavy (non-hydrogen) atoms. The largest absolute Gasteiger partial charge is 0.283 e. The van der Waals surface area contributed by atoms with Gasteiger partial charge in [0.1, 0.15) is 0 Å². The predicted molar refractivity (Wildman–Crippen MR) is 127 cm³/mol. The summed E-state index contributed by atoms with van der Waals surface area (Å²) in [5.74, 6) is 1.40. The Morgan fingerprint density at radius 2 is 1.00 bits per heavy atom. The molecule has 0 saturated carbocycles. The lowest BCUT2D eigenvalue weighted by atomic mass is 10.1.